The number of fused-ring (bicyclic) bond motifs is 1. The summed E-state index contributed by atoms with van der Waals surface area (Å²) in [6, 6.07) is 8.30. The minimum atomic E-state index is -0.501. The first-order valence-corrected chi connectivity index (χ1v) is 8.55. The van der Waals surface area contributed by atoms with Gasteiger partial charge in [-0.05, 0) is 37.8 Å². The third kappa shape index (κ3) is 3.85. The van der Waals surface area contributed by atoms with E-state index in [1.165, 1.54) is 11.3 Å². The molecule has 3 atom stereocenters. The molecule has 0 radical (unpaired) electrons. The zero-order valence-corrected chi connectivity index (χ0v) is 13.7. The number of hydrogen-bond acceptors (Lipinski definition) is 4. The highest BCUT2D eigenvalue weighted by molar-refractivity contribution is 5.77. The van der Waals surface area contributed by atoms with Gasteiger partial charge in [0.2, 0.25) is 5.91 Å². The standard InChI is InChI=1S/C18H26N2O3/c1-13(11-18(22)19-15-12-23-10-8-17(15)21)20-9-4-6-14-5-2-3-7-16(14)20/h2-3,5,7,13,15,17,21H,4,6,8-12H2,1H3,(H,19,22). The van der Waals surface area contributed by atoms with E-state index in [1.807, 2.05) is 0 Å². The van der Waals surface area contributed by atoms with E-state index in [4.69, 9.17) is 4.74 Å². The fourth-order valence-electron chi connectivity index (χ4n) is 3.53. The smallest absolute Gasteiger partial charge is 0.222 e. The van der Waals surface area contributed by atoms with Crippen molar-refractivity contribution in [1.82, 2.24) is 5.32 Å². The Bertz CT molecular complexity index is 549. The lowest BCUT2D eigenvalue weighted by Gasteiger charge is -2.36. The van der Waals surface area contributed by atoms with Crippen molar-refractivity contribution in [2.24, 2.45) is 0 Å². The molecule has 126 valence electrons. The predicted octanol–water partition coefficient (Wildman–Crippen LogP) is 1.48. The van der Waals surface area contributed by atoms with E-state index in [2.05, 4.69) is 41.4 Å². The van der Waals surface area contributed by atoms with Crippen molar-refractivity contribution in [2.45, 2.75) is 50.8 Å². The number of carbonyl (C=O) groups excluding carboxylic acids is 1. The van der Waals surface area contributed by atoms with Gasteiger partial charge in [-0.15, -0.1) is 0 Å². The number of nitrogens with one attached hydrogen (secondary N) is 1. The van der Waals surface area contributed by atoms with Crippen LogP contribution in [0.2, 0.25) is 0 Å². The summed E-state index contributed by atoms with van der Waals surface area (Å²) in [6.07, 6.45) is 2.74. The minimum Gasteiger partial charge on any atom is -0.391 e. The number of carbonyl (C=O) groups is 1. The average Bonchev–Trinajstić information content (AvgIpc) is 2.56. The first kappa shape index (κ1) is 16.3. The van der Waals surface area contributed by atoms with Crippen molar-refractivity contribution in [2.75, 3.05) is 24.7 Å². The highest BCUT2D eigenvalue weighted by Gasteiger charge is 2.27. The number of aliphatic hydroxyl groups is 1. The van der Waals surface area contributed by atoms with Gasteiger partial charge in [0, 0.05) is 31.3 Å². The molecule has 1 fully saturated rings. The summed E-state index contributed by atoms with van der Waals surface area (Å²) in [5.41, 5.74) is 2.61. The van der Waals surface area contributed by atoms with E-state index in [1.54, 1.807) is 0 Å². The van der Waals surface area contributed by atoms with Crippen molar-refractivity contribution in [3.63, 3.8) is 0 Å². The second kappa shape index (κ2) is 7.32. The number of aryl methyl sites for hydroxylation is 1. The summed E-state index contributed by atoms with van der Waals surface area (Å²) >= 11 is 0. The molecular weight excluding hydrogens is 292 g/mol. The lowest BCUT2D eigenvalue weighted by atomic mass is 9.99. The van der Waals surface area contributed by atoms with E-state index < -0.39 is 6.10 Å². The van der Waals surface area contributed by atoms with Gasteiger partial charge in [-0.2, -0.15) is 0 Å². The average molecular weight is 318 g/mol. The fourth-order valence-corrected chi connectivity index (χ4v) is 3.53. The number of aliphatic hydroxyl groups excluding tert-OH is 1. The molecule has 0 bridgehead atoms. The molecule has 0 aromatic heterocycles. The number of ether oxygens (including phenoxy) is 1. The van der Waals surface area contributed by atoms with Gasteiger partial charge in [-0.25, -0.2) is 0 Å². The van der Waals surface area contributed by atoms with Crippen molar-refractivity contribution in [3.8, 4) is 0 Å². The lowest BCUT2D eigenvalue weighted by molar-refractivity contribution is -0.125. The van der Waals surface area contributed by atoms with Crippen molar-refractivity contribution < 1.29 is 14.6 Å². The van der Waals surface area contributed by atoms with Gasteiger partial charge < -0.3 is 20.1 Å². The van der Waals surface area contributed by atoms with Crippen LogP contribution in [-0.2, 0) is 16.0 Å². The SMILES string of the molecule is CC(CC(=O)NC1COCCC1O)N1CCCc2ccccc21. The fraction of sp³-hybridized carbons (Fsp3) is 0.611. The van der Waals surface area contributed by atoms with Crippen LogP contribution in [0.1, 0.15) is 31.7 Å². The van der Waals surface area contributed by atoms with Crippen LogP contribution in [0.5, 0.6) is 0 Å². The molecule has 0 spiro atoms. The molecule has 1 saturated heterocycles. The quantitative estimate of drug-likeness (QED) is 0.883. The lowest BCUT2D eigenvalue weighted by Crippen LogP contribution is -2.50. The van der Waals surface area contributed by atoms with Crippen molar-refractivity contribution in [3.05, 3.63) is 29.8 Å². The summed E-state index contributed by atoms with van der Waals surface area (Å²) in [4.78, 5) is 14.6. The second-order valence-electron chi connectivity index (χ2n) is 6.58. The molecule has 1 amide bonds. The van der Waals surface area contributed by atoms with Crippen molar-refractivity contribution >= 4 is 11.6 Å². The largest absolute Gasteiger partial charge is 0.391 e. The molecule has 5 heteroatoms. The first-order valence-electron chi connectivity index (χ1n) is 8.55. The highest BCUT2D eigenvalue weighted by atomic mass is 16.5. The zero-order chi connectivity index (χ0) is 16.2. The van der Waals surface area contributed by atoms with E-state index in [0.717, 1.165) is 19.4 Å². The number of nitrogens with zero attached hydrogens (tertiary/aromatic N) is 1. The molecule has 2 aliphatic heterocycles. The van der Waals surface area contributed by atoms with Gasteiger partial charge in [0.15, 0.2) is 0 Å². The van der Waals surface area contributed by atoms with Crippen LogP contribution in [0.4, 0.5) is 5.69 Å². The van der Waals surface area contributed by atoms with Gasteiger partial charge in [0.25, 0.3) is 0 Å². The van der Waals surface area contributed by atoms with Crippen LogP contribution >= 0.6 is 0 Å². The Balaban J connectivity index is 1.59. The Morgan fingerprint density at radius 3 is 3.13 bits per heavy atom. The summed E-state index contributed by atoms with van der Waals surface area (Å²) in [5.74, 6) is -0.0184. The van der Waals surface area contributed by atoms with E-state index >= 15 is 0 Å². The maximum absolute atomic E-state index is 12.3. The van der Waals surface area contributed by atoms with E-state index in [9.17, 15) is 9.90 Å². The Labute approximate surface area is 137 Å². The van der Waals surface area contributed by atoms with Crippen LogP contribution in [0, 0.1) is 0 Å². The molecule has 0 aliphatic carbocycles. The zero-order valence-electron chi connectivity index (χ0n) is 13.7. The van der Waals surface area contributed by atoms with Gasteiger partial charge in [0.05, 0.1) is 18.8 Å². The summed E-state index contributed by atoms with van der Waals surface area (Å²) in [5, 5.41) is 12.8. The molecule has 2 aliphatic rings. The summed E-state index contributed by atoms with van der Waals surface area (Å²) in [7, 11) is 0. The summed E-state index contributed by atoms with van der Waals surface area (Å²) < 4.78 is 5.34. The topological polar surface area (TPSA) is 61.8 Å². The molecule has 1 aromatic rings. The number of anilines is 1. The third-order valence-corrected chi connectivity index (χ3v) is 4.83. The second-order valence-corrected chi connectivity index (χ2v) is 6.58. The molecule has 2 heterocycles. The molecule has 3 unspecified atom stereocenters. The number of hydrogen-bond donors (Lipinski definition) is 2. The van der Waals surface area contributed by atoms with Gasteiger partial charge in [-0.3, -0.25) is 4.79 Å². The molecule has 2 N–H and O–H groups in total. The minimum absolute atomic E-state index is 0.0184. The maximum atomic E-state index is 12.3. The monoisotopic (exact) mass is 318 g/mol. The van der Waals surface area contributed by atoms with E-state index in [0.29, 0.717) is 26.1 Å². The van der Waals surface area contributed by atoms with E-state index in [-0.39, 0.29) is 18.0 Å². The molecular formula is C18H26N2O3. The van der Waals surface area contributed by atoms with Crippen LogP contribution in [0.25, 0.3) is 0 Å². The third-order valence-electron chi connectivity index (χ3n) is 4.83. The van der Waals surface area contributed by atoms with Crippen LogP contribution < -0.4 is 10.2 Å². The van der Waals surface area contributed by atoms with Gasteiger partial charge in [0.1, 0.15) is 0 Å². The number of rotatable bonds is 4. The Morgan fingerprint density at radius 1 is 1.48 bits per heavy atom. The number of benzene rings is 1. The molecule has 3 rings (SSSR count). The highest BCUT2D eigenvalue weighted by Crippen LogP contribution is 2.29. The van der Waals surface area contributed by atoms with Gasteiger partial charge in [-0.1, -0.05) is 18.2 Å². The Hall–Kier alpha value is -1.59. The maximum Gasteiger partial charge on any atom is 0.222 e. The molecule has 0 saturated carbocycles. The van der Waals surface area contributed by atoms with Crippen LogP contribution in [-0.4, -0.2) is 49.0 Å². The van der Waals surface area contributed by atoms with Crippen molar-refractivity contribution in [1.29, 1.82) is 0 Å². The normalized spacial score (nSPS) is 25.6. The predicted molar refractivity (Wildman–Crippen MR) is 89.6 cm³/mol. The van der Waals surface area contributed by atoms with Crippen LogP contribution in [0.15, 0.2) is 24.3 Å². The molecule has 5 nitrogen and oxygen atoms in total. The first-order chi connectivity index (χ1) is 11.1. The Morgan fingerprint density at radius 2 is 2.30 bits per heavy atom. The van der Waals surface area contributed by atoms with Gasteiger partial charge >= 0.3 is 0 Å². The number of para-hydroxylation sites is 1. The molecule has 1 aromatic carbocycles. The summed E-state index contributed by atoms with van der Waals surface area (Å²) in [6.45, 7) is 4.04. The Kier molecular flexibility index (Phi) is 5.18. The number of amides is 1. The molecule has 23 heavy (non-hydrogen) atoms. The van der Waals surface area contributed by atoms with Crippen LogP contribution in [0.3, 0.4) is 0 Å².